The van der Waals surface area contributed by atoms with Crippen molar-refractivity contribution in [3.63, 3.8) is 0 Å². The first-order valence-corrected chi connectivity index (χ1v) is 8.04. The number of carbonyl (C=O) groups is 1. The molecule has 0 amide bonds. The largest absolute Gasteiger partial charge is 0.462 e. The Kier molecular flexibility index (Phi) is 5.32. The molecule has 0 saturated heterocycles. The summed E-state index contributed by atoms with van der Waals surface area (Å²) in [7, 11) is 0. The van der Waals surface area contributed by atoms with E-state index in [1.54, 1.807) is 13.0 Å². The summed E-state index contributed by atoms with van der Waals surface area (Å²) in [5.41, 5.74) is 1.46. The number of hydrogen-bond donors (Lipinski definition) is 1. The van der Waals surface area contributed by atoms with Crippen LogP contribution in [0.3, 0.4) is 0 Å². The quantitative estimate of drug-likeness (QED) is 0.642. The van der Waals surface area contributed by atoms with E-state index in [4.69, 9.17) is 27.9 Å². The van der Waals surface area contributed by atoms with Gasteiger partial charge in [-0.15, -0.1) is 0 Å². The van der Waals surface area contributed by atoms with Crippen LogP contribution in [0.4, 0.5) is 5.69 Å². The molecule has 0 atom stereocenters. The summed E-state index contributed by atoms with van der Waals surface area (Å²) in [6.07, 6.45) is 1.45. The van der Waals surface area contributed by atoms with Crippen molar-refractivity contribution < 1.29 is 9.53 Å². The summed E-state index contributed by atoms with van der Waals surface area (Å²) in [5, 5.41) is 4.38. The predicted octanol–water partition coefficient (Wildman–Crippen LogP) is 4.57. The lowest BCUT2D eigenvalue weighted by atomic mass is 9.96. The molecule has 0 aliphatic heterocycles. The van der Waals surface area contributed by atoms with Crippen molar-refractivity contribution in [2.75, 3.05) is 18.5 Å². The van der Waals surface area contributed by atoms with Crippen LogP contribution in [0.15, 0.2) is 12.3 Å². The van der Waals surface area contributed by atoms with E-state index < -0.39 is 5.97 Å². The molecule has 2 rings (SSSR count). The van der Waals surface area contributed by atoms with Gasteiger partial charge in [0.1, 0.15) is 16.2 Å². The highest BCUT2D eigenvalue weighted by Gasteiger charge is 2.20. The zero-order chi connectivity index (χ0) is 17.2. The summed E-state index contributed by atoms with van der Waals surface area (Å²) in [5.74, 6) is -0.442. The molecule has 0 aromatic carbocycles. The third-order valence-corrected chi connectivity index (χ3v) is 3.53. The van der Waals surface area contributed by atoms with Gasteiger partial charge in [0.15, 0.2) is 5.15 Å². The zero-order valence-corrected chi connectivity index (χ0v) is 15.0. The van der Waals surface area contributed by atoms with Crippen molar-refractivity contribution in [1.29, 1.82) is 0 Å². The van der Waals surface area contributed by atoms with Gasteiger partial charge in [0.05, 0.1) is 12.3 Å². The molecule has 0 saturated carbocycles. The van der Waals surface area contributed by atoms with Gasteiger partial charge in [-0.05, 0) is 18.4 Å². The van der Waals surface area contributed by atoms with Gasteiger partial charge < -0.3 is 10.1 Å². The van der Waals surface area contributed by atoms with E-state index in [0.29, 0.717) is 28.7 Å². The molecule has 2 aromatic rings. The van der Waals surface area contributed by atoms with Gasteiger partial charge in [0.25, 0.3) is 0 Å². The fraction of sp³-hybridized carbons (Fsp3) is 0.438. The van der Waals surface area contributed by atoms with Crippen molar-refractivity contribution in [3.05, 3.63) is 28.1 Å². The Morgan fingerprint density at radius 3 is 2.65 bits per heavy atom. The number of anilines is 1. The van der Waals surface area contributed by atoms with Crippen molar-refractivity contribution in [2.24, 2.45) is 5.41 Å². The molecule has 5 nitrogen and oxygen atoms in total. The Labute approximate surface area is 145 Å². The first kappa shape index (κ1) is 17.8. The molecule has 23 heavy (non-hydrogen) atoms. The standard InChI is InChI=1S/C16H19Cl2N3O2/c1-5-23-15(22)10-7-19-13-9(6-11(17)21-14(13)18)12(10)20-8-16(2,3)4/h6-7H,5,8H2,1-4H3,(H,19,20). The molecule has 0 unspecified atom stereocenters. The van der Waals surface area contributed by atoms with Crippen LogP contribution in [-0.4, -0.2) is 29.1 Å². The lowest BCUT2D eigenvalue weighted by molar-refractivity contribution is 0.0527. The number of hydrogen-bond acceptors (Lipinski definition) is 5. The summed E-state index contributed by atoms with van der Waals surface area (Å²) < 4.78 is 5.11. The molecule has 0 radical (unpaired) electrons. The second kappa shape index (κ2) is 6.89. The molecule has 2 aromatic heterocycles. The van der Waals surface area contributed by atoms with E-state index in [9.17, 15) is 4.79 Å². The highest BCUT2D eigenvalue weighted by Crippen LogP contribution is 2.32. The Hall–Kier alpha value is -1.59. The minimum atomic E-state index is -0.442. The molecule has 7 heteroatoms. The van der Waals surface area contributed by atoms with Crippen molar-refractivity contribution in [1.82, 2.24) is 9.97 Å². The Morgan fingerprint density at radius 2 is 2.04 bits per heavy atom. The number of aromatic nitrogens is 2. The number of nitrogens with zero attached hydrogens (tertiary/aromatic N) is 2. The number of fused-ring (bicyclic) bond motifs is 1. The highest BCUT2D eigenvalue weighted by molar-refractivity contribution is 6.36. The average molecular weight is 356 g/mol. The van der Waals surface area contributed by atoms with Crippen molar-refractivity contribution >= 4 is 45.8 Å². The number of pyridine rings is 2. The van der Waals surface area contributed by atoms with E-state index in [-0.39, 0.29) is 22.3 Å². The van der Waals surface area contributed by atoms with E-state index in [1.807, 2.05) is 0 Å². The van der Waals surface area contributed by atoms with Crippen LogP contribution in [0.25, 0.3) is 10.9 Å². The molecule has 0 aliphatic rings. The lowest BCUT2D eigenvalue weighted by Gasteiger charge is -2.22. The van der Waals surface area contributed by atoms with Crippen LogP contribution in [-0.2, 0) is 4.74 Å². The molecule has 0 aliphatic carbocycles. The second-order valence-corrected chi connectivity index (χ2v) is 7.06. The first-order chi connectivity index (χ1) is 10.7. The van der Waals surface area contributed by atoms with E-state index in [0.717, 1.165) is 0 Å². The predicted molar refractivity (Wildman–Crippen MR) is 93.5 cm³/mol. The van der Waals surface area contributed by atoms with Crippen LogP contribution in [0.5, 0.6) is 0 Å². The first-order valence-electron chi connectivity index (χ1n) is 7.28. The van der Waals surface area contributed by atoms with Gasteiger partial charge in [0.2, 0.25) is 0 Å². The van der Waals surface area contributed by atoms with Crippen LogP contribution < -0.4 is 5.32 Å². The monoisotopic (exact) mass is 355 g/mol. The number of halogens is 2. The molecule has 0 fully saturated rings. The van der Waals surface area contributed by atoms with Gasteiger partial charge in [-0.3, -0.25) is 4.98 Å². The van der Waals surface area contributed by atoms with Gasteiger partial charge in [-0.1, -0.05) is 44.0 Å². The highest BCUT2D eigenvalue weighted by atomic mass is 35.5. The third kappa shape index (κ3) is 4.24. The van der Waals surface area contributed by atoms with E-state index in [2.05, 4.69) is 36.1 Å². The van der Waals surface area contributed by atoms with Gasteiger partial charge in [-0.25, -0.2) is 9.78 Å². The molecular formula is C16H19Cl2N3O2. The molecule has 124 valence electrons. The smallest absolute Gasteiger partial charge is 0.341 e. The normalized spacial score (nSPS) is 11.6. The number of rotatable bonds is 4. The zero-order valence-electron chi connectivity index (χ0n) is 13.5. The molecule has 0 bridgehead atoms. The van der Waals surface area contributed by atoms with E-state index >= 15 is 0 Å². The molecular weight excluding hydrogens is 337 g/mol. The maximum Gasteiger partial charge on any atom is 0.341 e. The Morgan fingerprint density at radius 1 is 1.35 bits per heavy atom. The van der Waals surface area contributed by atoms with E-state index in [1.165, 1.54) is 6.20 Å². The summed E-state index contributed by atoms with van der Waals surface area (Å²) in [6, 6.07) is 1.64. The van der Waals surface area contributed by atoms with Gasteiger partial charge in [0, 0.05) is 18.1 Å². The fourth-order valence-corrected chi connectivity index (χ4v) is 2.52. The molecule has 2 heterocycles. The van der Waals surface area contributed by atoms with Crippen LogP contribution in [0, 0.1) is 5.41 Å². The van der Waals surface area contributed by atoms with Crippen molar-refractivity contribution in [2.45, 2.75) is 27.7 Å². The number of nitrogens with one attached hydrogen (secondary N) is 1. The summed E-state index contributed by atoms with van der Waals surface area (Å²) in [4.78, 5) is 20.4. The fourth-order valence-electron chi connectivity index (χ4n) is 2.04. The van der Waals surface area contributed by atoms with Gasteiger partial charge in [-0.2, -0.15) is 0 Å². The summed E-state index contributed by atoms with van der Waals surface area (Å²) in [6.45, 7) is 8.97. The number of ether oxygens (including phenoxy) is 1. The number of carbonyl (C=O) groups excluding carboxylic acids is 1. The minimum absolute atomic E-state index is 0.0160. The maximum atomic E-state index is 12.2. The molecule has 1 N–H and O–H groups in total. The van der Waals surface area contributed by atoms with Crippen LogP contribution in [0.1, 0.15) is 38.1 Å². The summed E-state index contributed by atoms with van der Waals surface area (Å²) >= 11 is 12.1. The number of esters is 1. The SMILES string of the molecule is CCOC(=O)c1cnc2c(Cl)nc(Cl)cc2c1NCC(C)(C)C. The second-order valence-electron chi connectivity index (χ2n) is 6.31. The Balaban J connectivity index is 2.63. The van der Waals surface area contributed by atoms with Crippen LogP contribution in [0.2, 0.25) is 10.3 Å². The average Bonchev–Trinajstić information content (AvgIpc) is 2.43. The van der Waals surface area contributed by atoms with Crippen LogP contribution >= 0.6 is 23.2 Å². The maximum absolute atomic E-state index is 12.2. The minimum Gasteiger partial charge on any atom is -0.462 e. The third-order valence-electron chi connectivity index (χ3n) is 3.07. The van der Waals surface area contributed by atoms with Crippen molar-refractivity contribution in [3.8, 4) is 0 Å². The Bertz CT molecular complexity index is 742. The topological polar surface area (TPSA) is 64.1 Å². The lowest BCUT2D eigenvalue weighted by Crippen LogP contribution is -2.21. The molecule has 0 spiro atoms. The van der Waals surface area contributed by atoms with Gasteiger partial charge >= 0.3 is 5.97 Å².